The molecule has 5 nitrogen and oxygen atoms in total. The van der Waals surface area contributed by atoms with Gasteiger partial charge in [0.2, 0.25) is 0 Å². The number of carbonyl (C=O) groups is 1. The van der Waals surface area contributed by atoms with Crippen molar-refractivity contribution in [3.05, 3.63) is 60.2 Å². The Labute approximate surface area is 148 Å². The summed E-state index contributed by atoms with van der Waals surface area (Å²) in [5.41, 5.74) is 2.42. The zero-order valence-electron chi connectivity index (χ0n) is 14.6. The number of carbonyl (C=O) groups excluding carboxylic acids is 1. The molecule has 0 radical (unpaired) electrons. The van der Waals surface area contributed by atoms with Gasteiger partial charge >= 0.3 is 6.03 Å². The number of nitrogens with one attached hydrogen (secondary N) is 1. The Hall–Kier alpha value is -2.56. The summed E-state index contributed by atoms with van der Waals surface area (Å²) in [6.07, 6.45) is 9.20. The van der Waals surface area contributed by atoms with Crippen LogP contribution in [0.15, 0.2) is 48.8 Å². The third-order valence-corrected chi connectivity index (χ3v) is 5.09. The summed E-state index contributed by atoms with van der Waals surface area (Å²) in [6, 6.07) is 10.3. The highest BCUT2D eigenvalue weighted by Crippen LogP contribution is 2.40. The zero-order chi connectivity index (χ0) is 17.2. The van der Waals surface area contributed by atoms with Gasteiger partial charge in [0, 0.05) is 32.5 Å². The van der Waals surface area contributed by atoms with Gasteiger partial charge in [0.25, 0.3) is 0 Å². The maximum atomic E-state index is 12.9. The van der Waals surface area contributed by atoms with Gasteiger partial charge in [-0.3, -0.25) is 0 Å². The number of hydrogen-bond acceptors (Lipinski definition) is 2. The maximum absolute atomic E-state index is 12.9. The van der Waals surface area contributed by atoms with E-state index in [0.717, 1.165) is 31.6 Å². The predicted molar refractivity (Wildman–Crippen MR) is 97.8 cm³/mol. The lowest BCUT2D eigenvalue weighted by atomic mass is 10.0. The number of aryl methyl sites for hydroxylation is 1. The predicted octanol–water partition coefficient (Wildman–Crippen LogP) is 3.37. The van der Waals surface area contributed by atoms with E-state index in [1.807, 2.05) is 40.9 Å². The zero-order valence-corrected chi connectivity index (χ0v) is 14.6. The second kappa shape index (κ2) is 6.75. The van der Waals surface area contributed by atoms with Crippen LogP contribution in [0.3, 0.4) is 0 Å². The molecule has 1 aromatic carbocycles. The van der Waals surface area contributed by atoms with Gasteiger partial charge in [0.1, 0.15) is 5.82 Å². The lowest BCUT2D eigenvalue weighted by Gasteiger charge is -2.30. The molecule has 1 unspecified atom stereocenters. The molecule has 1 N–H and O–H groups in total. The molecule has 2 heterocycles. The molecule has 0 spiro atoms. The smallest absolute Gasteiger partial charge is 0.318 e. The van der Waals surface area contributed by atoms with E-state index in [0.29, 0.717) is 12.5 Å². The van der Waals surface area contributed by atoms with Gasteiger partial charge < -0.3 is 14.8 Å². The van der Waals surface area contributed by atoms with Gasteiger partial charge in [-0.2, -0.15) is 0 Å². The van der Waals surface area contributed by atoms with Crippen molar-refractivity contribution in [1.82, 2.24) is 19.8 Å². The SMILES string of the molecule is Cn1ccnc1C(NC(=O)N1CCC=C(c2ccccc2)C1)C1CC1. The summed E-state index contributed by atoms with van der Waals surface area (Å²) in [5.74, 6) is 1.46. The van der Waals surface area contributed by atoms with E-state index in [1.165, 1.54) is 11.1 Å². The molecule has 0 bridgehead atoms. The van der Waals surface area contributed by atoms with Crippen LogP contribution in [0.2, 0.25) is 0 Å². The Bertz CT molecular complexity index is 776. The molecule has 1 aromatic heterocycles. The Kier molecular flexibility index (Phi) is 4.30. The molecule has 1 atom stereocenters. The van der Waals surface area contributed by atoms with Crippen molar-refractivity contribution < 1.29 is 4.79 Å². The third-order valence-electron chi connectivity index (χ3n) is 5.09. The van der Waals surface area contributed by atoms with Crippen LogP contribution in [0.4, 0.5) is 4.79 Å². The van der Waals surface area contributed by atoms with Crippen LogP contribution in [-0.2, 0) is 7.05 Å². The molecular formula is C20H24N4O. The van der Waals surface area contributed by atoms with E-state index in [-0.39, 0.29) is 12.1 Å². The van der Waals surface area contributed by atoms with Crippen molar-refractivity contribution in [2.45, 2.75) is 25.3 Å². The van der Waals surface area contributed by atoms with E-state index in [9.17, 15) is 4.79 Å². The van der Waals surface area contributed by atoms with Crippen LogP contribution >= 0.6 is 0 Å². The van der Waals surface area contributed by atoms with Gasteiger partial charge in [-0.25, -0.2) is 9.78 Å². The van der Waals surface area contributed by atoms with Gasteiger partial charge in [0.15, 0.2) is 0 Å². The summed E-state index contributed by atoms with van der Waals surface area (Å²) < 4.78 is 2.01. The van der Waals surface area contributed by atoms with Crippen LogP contribution < -0.4 is 5.32 Å². The molecule has 1 fully saturated rings. The molecule has 2 amide bonds. The van der Waals surface area contributed by atoms with Crippen LogP contribution in [0.25, 0.3) is 5.57 Å². The van der Waals surface area contributed by atoms with Gasteiger partial charge in [-0.15, -0.1) is 0 Å². The normalized spacial score (nSPS) is 18.6. The van der Waals surface area contributed by atoms with Crippen molar-refractivity contribution in [2.75, 3.05) is 13.1 Å². The Morgan fingerprint density at radius 1 is 1.28 bits per heavy atom. The average molecular weight is 336 g/mol. The fraction of sp³-hybridized carbons (Fsp3) is 0.400. The number of amides is 2. The van der Waals surface area contributed by atoms with Gasteiger partial charge in [-0.1, -0.05) is 36.4 Å². The van der Waals surface area contributed by atoms with Crippen LogP contribution in [-0.4, -0.2) is 33.6 Å². The molecule has 2 aliphatic rings. The first kappa shape index (κ1) is 15.9. The summed E-state index contributed by atoms with van der Waals surface area (Å²) in [4.78, 5) is 19.2. The first-order valence-electron chi connectivity index (χ1n) is 8.99. The second-order valence-corrected chi connectivity index (χ2v) is 6.97. The Morgan fingerprint density at radius 3 is 2.76 bits per heavy atom. The minimum Gasteiger partial charge on any atom is -0.336 e. The van der Waals surface area contributed by atoms with Crippen LogP contribution in [0.1, 0.15) is 36.7 Å². The second-order valence-electron chi connectivity index (χ2n) is 6.97. The quantitative estimate of drug-likeness (QED) is 0.930. The van der Waals surface area contributed by atoms with Crippen molar-refractivity contribution >= 4 is 11.6 Å². The highest BCUT2D eigenvalue weighted by molar-refractivity contribution is 5.79. The van der Waals surface area contributed by atoms with Crippen molar-refractivity contribution in [3.8, 4) is 0 Å². The van der Waals surface area contributed by atoms with Crippen molar-refractivity contribution in [1.29, 1.82) is 0 Å². The lowest BCUT2D eigenvalue weighted by Crippen LogP contribution is -2.44. The van der Waals surface area contributed by atoms with Gasteiger partial charge in [0.05, 0.1) is 6.04 Å². The van der Waals surface area contributed by atoms with Crippen LogP contribution in [0.5, 0.6) is 0 Å². The van der Waals surface area contributed by atoms with Crippen molar-refractivity contribution in [3.63, 3.8) is 0 Å². The van der Waals surface area contributed by atoms with Crippen molar-refractivity contribution in [2.24, 2.45) is 13.0 Å². The molecule has 25 heavy (non-hydrogen) atoms. The fourth-order valence-electron chi connectivity index (χ4n) is 3.50. The molecular weight excluding hydrogens is 312 g/mol. The van der Waals surface area contributed by atoms with E-state index in [1.54, 1.807) is 6.20 Å². The standard InChI is InChI=1S/C20H24N4O/c1-23-13-11-21-19(23)18(16-9-10-16)22-20(25)24-12-5-8-17(14-24)15-6-3-2-4-7-15/h2-4,6-8,11,13,16,18H,5,9-10,12,14H2,1H3,(H,22,25). The fourth-order valence-corrected chi connectivity index (χ4v) is 3.50. The number of urea groups is 1. The first-order chi connectivity index (χ1) is 12.2. The number of nitrogens with zero attached hydrogens (tertiary/aromatic N) is 3. The summed E-state index contributed by atoms with van der Waals surface area (Å²) in [7, 11) is 1.99. The first-order valence-corrected chi connectivity index (χ1v) is 8.99. The lowest BCUT2D eigenvalue weighted by molar-refractivity contribution is 0.197. The number of imidazole rings is 1. The molecule has 4 rings (SSSR count). The molecule has 1 aliphatic heterocycles. The number of aromatic nitrogens is 2. The summed E-state index contributed by atoms with van der Waals surface area (Å²) >= 11 is 0. The Morgan fingerprint density at radius 2 is 2.08 bits per heavy atom. The molecule has 0 saturated heterocycles. The maximum Gasteiger partial charge on any atom is 0.318 e. The molecule has 1 aliphatic carbocycles. The highest BCUT2D eigenvalue weighted by Gasteiger charge is 2.36. The minimum atomic E-state index is 0.0126. The molecule has 5 heteroatoms. The monoisotopic (exact) mass is 336 g/mol. The average Bonchev–Trinajstić information content (AvgIpc) is 3.41. The summed E-state index contributed by atoms with van der Waals surface area (Å²) in [6.45, 7) is 1.42. The number of hydrogen-bond donors (Lipinski definition) is 1. The molecule has 2 aromatic rings. The topological polar surface area (TPSA) is 50.2 Å². The summed E-state index contributed by atoms with van der Waals surface area (Å²) in [5, 5.41) is 3.24. The van der Waals surface area contributed by atoms with E-state index in [4.69, 9.17) is 0 Å². The third kappa shape index (κ3) is 3.45. The van der Waals surface area contributed by atoms with E-state index in [2.05, 4.69) is 28.5 Å². The number of rotatable bonds is 4. The van der Waals surface area contributed by atoms with Crippen LogP contribution in [0, 0.1) is 5.92 Å². The van der Waals surface area contributed by atoms with E-state index >= 15 is 0 Å². The minimum absolute atomic E-state index is 0.0126. The van der Waals surface area contributed by atoms with Gasteiger partial charge in [-0.05, 0) is 36.3 Å². The Balaban J connectivity index is 1.46. The number of benzene rings is 1. The molecule has 1 saturated carbocycles. The highest BCUT2D eigenvalue weighted by atomic mass is 16.2. The largest absolute Gasteiger partial charge is 0.336 e. The van der Waals surface area contributed by atoms with E-state index < -0.39 is 0 Å². The molecule has 130 valence electrons.